The summed E-state index contributed by atoms with van der Waals surface area (Å²) in [6, 6.07) is 3.89. The summed E-state index contributed by atoms with van der Waals surface area (Å²) in [5.41, 5.74) is -0.120. The average molecular weight is 267 g/mol. The number of hydrogen-bond donors (Lipinski definition) is 1. The first-order valence-corrected chi connectivity index (χ1v) is 6.28. The molecular formula is C12H13NO4S. The number of nitrogens with one attached hydrogen (secondary N) is 1. The first-order valence-electron chi connectivity index (χ1n) is 5.40. The third-order valence-electron chi connectivity index (χ3n) is 2.22. The van der Waals surface area contributed by atoms with Gasteiger partial charge in [0.15, 0.2) is 5.57 Å². The van der Waals surface area contributed by atoms with Gasteiger partial charge in [0.05, 0.1) is 0 Å². The minimum atomic E-state index is -1.20. The van der Waals surface area contributed by atoms with Crippen LogP contribution in [0.5, 0.6) is 0 Å². The summed E-state index contributed by atoms with van der Waals surface area (Å²) in [7, 11) is 0. The standard InChI is InChI=1S/C12H13NO4S/c1-12(2)16-10(14)9(11(15)17-12)7-13-6-8-4-3-5-18-8/h3-5,7,13H,6H2,1-2H3. The van der Waals surface area contributed by atoms with Gasteiger partial charge in [0.1, 0.15) is 0 Å². The van der Waals surface area contributed by atoms with E-state index in [1.165, 1.54) is 20.0 Å². The number of cyclic esters (lactones) is 2. The van der Waals surface area contributed by atoms with Crippen molar-refractivity contribution in [3.8, 4) is 0 Å². The Morgan fingerprint density at radius 1 is 1.33 bits per heavy atom. The lowest BCUT2D eigenvalue weighted by molar-refractivity contribution is -0.222. The van der Waals surface area contributed by atoms with Crippen LogP contribution in [0.15, 0.2) is 29.3 Å². The summed E-state index contributed by atoms with van der Waals surface area (Å²) in [6.07, 6.45) is 1.33. The number of esters is 2. The fourth-order valence-electron chi connectivity index (χ4n) is 1.45. The quantitative estimate of drug-likeness (QED) is 0.511. The van der Waals surface area contributed by atoms with Crippen LogP contribution < -0.4 is 5.32 Å². The van der Waals surface area contributed by atoms with Gasteiger partial charge in [-0.3, -0.25) is 0 Å². The Morgan fingerprint density at radius 2 is 2.00 bits per heavy atom. The van der Waals surface area contributed by atoms with Crippen molar-refractivity contribution in [2.75, 3.05) is 0 Å². The second kappa shape index (κ2) is 4.81. The van der Waals surface area contributed by atoms with Crippen LogP contribution in [0.4, 0.5) is 0 Å². The second-order valence-electron chi connectivity index (χ2n) is 4.20. The van der Waals surface area contributed by atoms with Crippen molar-refractivity contribution in [2.24, 2.45) is 0 Å². The lowest BCUT2D eigenvalue weighted by Gasteiger charge is -2.29. The van der Waals surface area contributed by atoms with E-state index in [1.807, 2.05) is 17.5 Å². The molecule has 0 atom stereocenters. The maximum absolute atomic E-state index is 11.6. The minimum Gasteiger partial charge on any atom is -0.419 e. The molecule has 2 heterocycles. The van der Waals surface area contributed by atoms with E-state index in [1.54, 1.807) is 11.3 Å². The molecule has 1 fully saturated rings. The lowest BCUT2D eigenvalue weighted by atomic mass is 10.2. The highest BCUT2D eigenvalue weighted by Gasteiger charge is 2.38. The highest BCUT2D eigenvalue weighted by molar-refractivity contribution is 7.09. The molecule has 18 heavy (non-hydrogen) atoms. The van der Waals surface area contributed by atoms with Crippen molar-refractivity contribution in [1.82, 2.24) is 5.32 Å². The summed E-state index contributed by atoms with van der Waals surface area (Å²) >= 11 is 1.59. The summed E-state index contributed by atoms with van der Waals surface area (Å²) in [6.45, 7) is 3.57. The zero-order chi connectivity index (χ0) is 13.2. The van der Waals surface area contributed by atoms with Gasteiger partial charge in [0.2, 0.25) is 0 Å². The molecule has 1 aliphatic heterocycles. The molecule has 0 amide bonds. The van der Waals surface area contributed by atoms with Crippen molar-refractivity contribution in [1.29, 1.82) is 0 Å². The largest absolute Gasteiger partial charge is 0.419 e. The van der Waals surface area contributed by atoms with Gasteiger partial charge in [-0.25, -0.2) is 9.59 Å². The highest BCUT2D eigenvalue weighted by atomic mass is 32.1. The Kier molecular flexibility index (Phi) is 3.38. The highest BCUT2D eigenvalue weighted by Crippen LogP contribution is 2.22. The molecule has 5 nitrogen and oxygen atoms in total. The summed E-state index contributed by atoms with van der Waals surface area (Å²) in [5, 5.41) is 4.85. The van der Waals surface area contributed by atoms with Crippen LogP contribution in [0.1, 0.15) is 18.7 Å². The van der Waals surface area contributed by atoms with E-state index in [9.17, 15) is 9.59 Å². The Labute approximate surface area is 108 Å². The van der Waals surface area contributed by atoms with Gasteiger partial charge in [0, 0.05) is 31.5 Å². The summed E-state index contributed by atoms with van der Waals surface area (Å²) in [4.78, 5) is 24.3. The van der Waals surface area contributed by atoms with Gasteiger partial charge < -0.3 is 14.8 Å². The molecule has 0 aromatic carbocycles. The van der Waals surface area contributed by atoms with Crippen LogP contribution >= 0.6 is 11.3 Å². The van der Waals surface area contributed by atoms with E-state index in [0.29, 0.717) is 6.54 Å². The van der Waals surface area contributed by atoms with Crippen LogP contribution in [-0.4, -0.2) is 17.7 Å². The molecule has 1 aromatic rings. The van der Waals surface area contributed by atoms with Gasteiger partial charge in [-0.05, 0) is 11.4 Å². The van der Waals surface area contributed by atoms with Crippen molar-refractivity contribution >= 4 is 23.3 Å². The Morgan fingerprint density at radius 3 is 2.56 bits per heavy atom. The zero-order valence-corrected chi connectivity index (χ0v) is 10.9. The second-order valence-corrected chi connectivity index (χ2v) is 5.23. The van der Waals surface area contributed by atoms with E-state index in [4.69, 9.17) is 9.47 Å². The topological polar surface area (TPSA) is 64.6 Å². The van der Waals surface area contributed by atoms with Crippen LogP contribution in [0.25, 0.3) is 0 Å². The smallest absolute Gasteiger partial charge is 0.350 e. The molecule has 1 aliphatic rings. The molecule has 0 aliphatic carbocycles. The predicted octanol–water partition coefficient (Wildman–Crippen LogP) is 1.56. The predicted molar refractivity (Wildman–Crippen MR) is 65.5 cm³/mol. The Balaban J connectivity index is 2.00. The third-order valence-corrected chi connectivity index (χ3v) is 3.10. The third kappa shape index (κ3) is 2.89. The van der Waals surface area contributed by atoms with Crippen LogP contribution in [0, 0.1) is 0 Å². The maximum Gasteiger partial charge on any atom is 0.350 e. The molecule has 6 heteroatoms. The Hall–Kier alpha value is -1.82. The van der Waals surface area contributed by atoms with Gasteiger partial charge in [-0.2, -0.15) is 0 Å². The molecule has 1 saturated heterocycles. The van der Waals surface area contributed by atoms with Gasteiger partial charge in [-0.1, -0.05) is 6.07 Å². The zero-order valence-electron chi connectivity index (χ0n) is 10.1. The molecule has 1 aromatic heterocycles. The van der Waals surface area contributed by atoms with E-state index < -0.39 is 17.7 Å². The van der Waals surface area contributed by atoms with E-state index >= 15 is 0 Å². The first kappa shape index (κ1) is 12.6. The van der Waals surface area contributed by atoms with Crippen LogP contribution in [-0.2, 0) is 25.6 Å². The van der Waals surface area contributed by atoms with Crippen molar-refractivity contribution in [2.45, 2.75) is 26.2 Å². The van der Waals surface area contributed by atoms with Gasteiger partial charge in [-0.15, -0.1) is 11.3 Å². The molecule has 0 spiro atoms. The lowest BCUT2D eigenvalue weighted by Crippen LogP contribution is -2.42. The normalized spacial score (nSPS) is 18.0. The summed E-state index contributed by atoms with van der Waals surface area (Å²) < 4.78 is 9.91. The number of rotatable bonds is 3. The van der Waals surface area contributed by atoms with Gasteiger partial charge in [0.25, 0.3) is 5.79 Å². The molecular weight excluding hydrogens is 254 g/mol. The van der Waals surface area contributed by atoms with E-state index in [2.05, 4.69) is 5.32 Å². The van der Waals surface area contributed by atoms with Crippen LogP contribution in [0.2, 0.25) is 0 Å². The summed E-state index contributed by atoms with van der Waals surface area (Å²) in [5.74, 6) is -2.54. The van der Waals surface area contributed by atoms with Crippen LogP contribution in [0.3, 0.4) is 0 Å². The molecule has 2 rings (SSSR count). The number of ether oxygens (including phenoxy) is 2. The molecule has 0 radical (unpaired) electrons. The van der Waals surface area contributed by atoms with E-state index in [-0.39, 0.29) is 5.57 Å². The number of thiophene rings is 1. The number of carbonyl (C=O) groups is 2. The average Bonchev–Trinajstić information content (AvgIpc) is 2.73. The van der Waals surface area contributed by atoms with E-state index in [0.717, 1.165) is 4.88 Å². The van der Waals surface area contributed by atoms with Crippen molar-refractivity contribution in [3.05, 3.63) is 34.2 Å². The number of carbonyl (C=O) groups excluding carboxylic acids is 2. The molecule has 0 bridgehead atoms. The van der Waals surface area contributed by atoms with Crippen molar-refractivity contribution < 1.29 is 19.1 Å². The number of hydrogen-bond acceptors (Lipinski definition) is 6. The first-order chi connectivity index (χ1) is 8.48. The minimum absolute atomic E-state index is 0.120. The fraction of sp³-hybridized carbons (Fsp3) is 0.333. The molecule has 0 saturated carbocycles. The maximum atomic E-state index is 11.6. The molecule has 96 valence electrons. The monoisotopic (exact) mass is 267 g/mol. The molecule has 0 unspecified atom stereocenters. The van der Waals surface area contributed by atoms with Crippen molar-refractivity contribution in [3.63, 3.8) is 0 Å². The fourth-order valence-corrected chi connectivity index (χ4v) is 2.10. The Bertz CT molecular complexity index is 468. The van der Waals surface area contributed by atoms with Gasteiger partial charge >= 0.3 is 11.9 Å². The molecule has 1 N–H and O–H groups in total. The SMILES string of the molecule is CC1(C)OC(=O)C(=CNCc2cccs2)C(=O)O1.